The summed E-state index contributed by atoms with van der Waals surface area (Å²) in [5.74, 6) is 3.71. The van der Waals surface area contributed by atoms with Crippen LogP contribution in [0.4, 0.5) is 0 Å². The van der Waals surface area contributed by atoms with Crippen molar-refractivity contribution in [2.45, 2.75) is 25.7 Å². The van der Waals surface area contributed by atoms with E-state index in [0.29, 0.717) is 0 Å². The van der Waals surface area contributed by atoms with Gasteiger partial charge in [0, 0.05) is 0 Å². The summed E-state index contributed by atoms with van der Waals surface area (Å²) < 4.78 is 0. The molecule has 1 saturated carbocycles. The lowest BCUT2D eigenvalue weighted by Gasteiger charge is -2.29. The summed E-state index contributed by atoms with van der Waals surface area (Å²) in [7, 11) is 2.24. The number of hydrogen-bond donors (Lipinski definition) is 1. The molecule has 0 radical (unpaired) electrons. The van der Waals surface area contributed by atoms with Crippen molar-refractivity contribution < 1.29 is 0 Å². The predicted octanol–water partition coefficient (Wildman–Crippen LogP) is 2.13. The van der Waals surface area contributed by atoms with Crippen LogP contribution in [-0.2, 0) is 0 Å². The molecule has 2 heteroatoms. The molecular formula is C15H26N2. The fourth-order valence-electron chi connectivity index (χ4n) is 3.87. The lowest BCUT2D eigenvalue weighted by atomic mass is 9.92. The molecule has 2 fully saturated rings. The van der Waals surface area contributed by atoms with Gasteiger partial charge in [0.2, 0.25) is 0 Å². The maximum atomic E-state index is 3.74. The molecule has 3 rings (SSSR count). The van der Waals surface area contributed by atoms with E-state index in [1.54, 1.807) is 0 Å². The van der Waals surface area contributed by atoms with E-state index in [9.17, 15) is 0 Å². The van der Waals surface area contributed by atoms with Crippen LogP contribution in [0.5, 0.6) is 0 Å². The number of nitrogens with one attached hydrogen (secondary N) is 1. The third-order valence-corrected chi connectivity index (χ3v) is 5.09. The van der Waals surface area contributed by atoms with Crippen molar-refractivity contribution in [1.29, 1.82) is 0 Å². The van der Waals surface area contributed by atoms with Crippen molar-refractivity contribution in [2.75, 3.05) is 33.2 Å². The Balaban J connectivity index is 1.34. The van der Waals surface area contributed by atoms with Gasteiger partial charge in [-0.05, 0) is 82.6 Å². The highest BCUT2D eigenvalue weighted by Gasteiger charge is 2.35. The first kappa shape index (κ1) is 11.7. The highest BCUT2D eigenvalue weighted by Crippen LogP contribution is 2.42. The number of hydrogen-bond acceptors (Lipinski definition) is 2. The summed E-state index contributed by atoms with van der Waals surface area (Å²) in [6.07, 6.45) is 10.6. The molecule has 2 aliphatic carbocycles. The zero-order valence-corrected chi connectivity index (χ0v) is 11.1. The SMILES string of the molecule is CN1CCC(CNCC2CC3C=CC2C3)CC1. The third kappa shape index (κ3) is 2.74. The van der Waals surface area contributed by atoms with E-state index in [0.717, 1.165) is 23.7 Å². The number of allylic oxidation sites excluding steroid dienone is 2. The first-order valence-electron chi connectivity index (χ1n) is 7.39. The van der Waals surface area contributed by atoms with Gasteiger partial charge in [-0.1, -0.05) is 12.2 Å². The molecule has 1 N–H and O–H groups in total. The Bertz CT molecular complexity index is 279. The molecule has 0 aromatic heterocycles. The second-order valence-electron chi connectivity index (χ2n) is 6.45. The lowest BCUT2D eigenvalue weighted by Crippen LogP contribution is -2.36. The molecule has 1 heterocycles. The van der Waals surface area contributed by atoms with E-state index in [4.69, 9.17) is 0 Å². The summed E-state index contributed by atoms with van der Waals surface area (Å²) in [4.78, 5) is 2.46. The highest BCUT2D eigenvalue weighted by molar-refractivity contribution is 5.10. The highest BCUT2D eigenvalue weighted by atomic mass is 15.1. The van der Waals surface area contributed by atoms with Crippen LogP contribution in [0, 0.1) is 23.7 Å². The third-order valence-electron chi connectivity index (χ3n) is 5.09. The fourth-order valence-corrected chi connectivity index (χ4v) is 3.87. The average molecular weight is 234 g/mol. The molecule has 1 saturated heterocycles. The van der Waals surface area contributed by atoms with Crippen LogP contribution in [0.1, 0.15) is 25.7 Å². The first-order chi connectivity index (χ1) is 8.31. The maximum absolute atomic E-state index is 3.74. The van der Waals surface area contributed by atoms with Gasteiger partial charge in [-0.25, -0.2) is 0 Å². The summed E-state index contributed by atoms with van der Waals surface area (Å²) in [5.41, 5.74) is 0. The number of nitrogens with zero attached hydrogens (tertiary/aromatic N) is 1. The van der Waals surface area contributed by atoms with E-state index in [1.807, 2.05) is 0 Å². The summed E-state index contributed by atoms with van der Waals surface area (Å²) >= 11 is 0. The second-order valence-corrected chi connectivity index (χ2v) is 6.45. The van der Waals surface area contributed by atoms with Gasteiger partial charge in [0.1, 0.15) is 0 Å². The van der Waals surface area contributed by atoms with E-state index in [1.165, 1.54) is 51.9 Å². The van der Waals surface area contributed by atoms with Gasteiger partial charge in [-0.2, -0.15) is 0 Å². The number of rotatable bonds is 4. The monoisotopic (exact) mass is 234 g/mol. The van der Waals surface area contributed by atoms with Crippen LogP contribution in [0.25, 0.3) is 0 Å². The Morgan fingerprint density at radius 2 is 1.94 bits per heavy atom. The van der Waals surface area contributed by atoms with E-state index in [-0.39, 0.29) is 0 Å². The van der Waals surface area contributed by atoms with Crippen LogP contribution in [0.3, 0.4) is 0 Å². The molecule has 3 unspecified atom stereocenters. The Kier molecular flexibility index (Phi) is 3.53. The Morgan fingerprint density at radius 1 is 1.12 bits per heavy atom. The van der Waals surface area contributed by atoms with Gasteiger partial charge < -0.3 is 10.2 Å². The van der Waals surface area contributed by atoms with Crippen molar-refractivity contribution >= 4 is 0 Å². The molecule has 2 bridgehead atoms. The first-order valence-corrected chi connectivity index (χ1v) is 7.39. The number of piperidine rings is 1. The molecule has 96 valence electrons. The van der Waals surface area contributed by atoms with E-state index in [2.05, 4.69) is 29.4 Å². The zero-order chi connectivity index (χ0) is 11.7. The molecule has 3 atom stereocenters. The molecule has 1 aliphatic heterocycles. The Morgan fingerprint density at radius 3 is 2.59 bits per heavy atom. The van der Waals surface area contributed by atoms with Gasteiger partial charge in [-0.3, -0.25) is 0 Å². The molecule has 0 aromatic rings. The number of likely N-dealkylation sites (tertiary alicyclic amines) is 1. The molecule has 2 nitrogen and oxygen atoms in total. The Labute approximate surface area is 105 Å². The summed E-state index contributed by atoms with van der Waals surface area (Å²) in [6.45, 7) is 5.11. The lowest BCUT2D eigenvalue weighted by molar-refractivity contribution is 0.213. The number of fused-ring (bicyclic) bond motifs is 2. The molecule has 0 amide bonds. The molecule has 0 aromatic carbocycles. The van der Waals surface area contributed by atoms with Gasteiger partial charge >= 0.3 is 0 Å². The van der Waals surface area contributed by atoms with Crippen LogP contribution < -0.4 is 5.32 Å². The van der Waals surface area contributed by atoms with Gasteiger partial charge in [0.25, 0.3) is 0 Å². The van der Waals surface area contributed by atoms with Crippen LogP contribution >= 0.6 is 0 Å². The largest absolute Gasteiger partial charge is 0.316 e. The van der Waals surface area contributed by atoms with Crippen molar-refractivity contribution in [1.82, 2.24) is 10.2 Å². The fraction of sp³-hybridized carbons (Fsp3) is 0.867. The molecule has 17 heavy (non-hydrogen) atoms. The van der Waals surface area contributed by atoms with E-state index < -0.39 is 0 Å². The smallest absolute Gasteiger partial charge is 0.00146 e. The standard InChI is InChI=1S/C15H26N2/c1-17-6-4-12(5-7-17)10-16-11-15-9-13-2-3-14(15)8-13/h2-3,12-16H,4-11H2,1H3. The normalized spacial score (nSPS) is 38.1. The van der Waals surface area contributed by atoms with E-state index >= 15 is 0 Å². The minimum atomic E-state index is 0.907. The summed E-state index contributed by atoms with van der Waals surface area (Å²) in [5, 5.41) is 3.74. The summed E-state index contributed by atoms with van der Waals surface area (Å²) in [6, 6.07) is 0. The van der Waals surface area contributed by atoms with Gasteiger partial charge in [0.15, 0.2) is 0 Å². The molecular weight excluding hydrogens is 208 g/mol. The zero-order valence-electron chi connectivity index (χ0n) is 11.1. The van der Waals surface area contributed by atoms with Crippen molar-refractivity contribution in [3.05, 3.63) is 12.2 Å². The quantitative estimate of drug-likeness (QED) is 0.750. The molecule has 0 spiro atoms. The van der Waals surface area contributed by atoms with Gasteiger partial charge in [0.05, 0.1) is 0 Å². The van der Waals surface area contributed by atoms with Gasteiger partial charge in [-0.15, -0.1) is 0 Å². The minimum absolute atomic E-state index is 0.907. The average Bonchev–Trinajstić information content (AvgIpc) is 2.94. The van der Waals surface area contributed by atoms with Crippen LogP contribution in [-0.4, -0.2) is 38.1 Å². The van der Waals surface area contributed by atoms with Crippen LogP contribution in [0.2, 0.25) is 0 Å². The van der Waals surface area contributed by atoms with Crippen molar-refractivity contribution in [3.8, 4) is 0 Å². The predicted molar refractivity (Wildman–Crippen MR) is 71.9 cm³/mol. The van der Waals surface area contributed by atoms with Crippen LogP contribution in [0.15, 0.2) is 12.2 Å². The Hall–Kier alpha value is -0.340. The topological polar surface area (TPSA) is 15.3 Å². The van der Waals surface area contributed by atoms with Crippen molar-refractivity contribution in [3.63, 3.8) is 0 Å². The minimum Gasteiger partial charge on any atom is -0.316 e. The molecule has 3 aliphatic rings. The maximum Gasteiger partial charge on any atom is -0.00146 e. The second kappa shape index (κ2) is 5.11. The van der Waals surface area contributed by atoms with Crippen molar-refractivity contribution in [2.24, 2.45) is 23.7 Å².